The first-order valence-electron chi connectivity index (χ1n) is 14.5. The van der Waals surface area contributed by atoms with Gasteiger partial charge in [-0.3, -0.25) is 23.7 Å². The van der Waals surface area contributed by atoms with Crippen molar-refractivity contribution in [3.63, 3.8) is 0 Å². The summed E-state index contributed by atoms with van der Waals surface area (Å²) in [6.45, 7) is 7.70. The van der Waals surface area contributed by atoms with Crippen LogP contribution in [0.3, 0.4) is 0 Å². The van der Waals surface area contributed by atoms with Crippen molar-refractivity contribution in [3.8, 4) is 0 Å². The number of ether oxygens (including phenoxy) is 1. The molecule has 2 unspecified atom stereocenters. The minimum absolute atomic E-state index is 0.0139. The Morgan fingerprint density at radius 3 is 2.37 bits per heavy atom. The van der Waals surface area contributed by atoms with E-state index in [4.69, 9.17) is 27.0 Å². The van der Waals surface area contributed by atoms with E-state index in [-0.39, 0.29) is 30.1 Å². The van der Waals surface area contributed by atoms with Crippen LogP contribution in [0.25, 0.3) is 11.7 Å². The third-order valence-corrected chi connectivity index (χ3v) is 8.75. The molecule has 0 radical (unpaired) electrons. The summed E-state index contributed by atoms with van der Waals surface area (Å²) in [5.41, 5.74) is 1.68. The van der Waals surface area contributed by atoms with Crippen molar-refractivity contribution in [2.24, 2.45) is 0 Å². The standard InChI is InChI=1S/C30H40N4O5S2/c1-20-13-14-25-31-27(32-18-21(2)39-22(3)19-32)23(28(37)34(25)17-20)16-24-29(38)33(30(40)41-24)15-11-9-7-5-4-6-8-10-12-26(35)36/h13-14,16-17,21-22H,4-12,15,18-19H2,1-3H3,(H,35,36). The van der Waals surface area contributed by atoms with Crippen molar-refractivity contribution >= 4 is 57.7 Å². The van der Waals surface area contributed by atoms with Crippen LogP contribution in [0.1, 0.15) is 82.8 Å². The molecule has 9 nitrogen and oxygen atoms in total. The number of aryl methyl sites for hydroxylation is 1. The minimum atomic E-state index is -0.728. The largest absolute Gasteiger partial charge is 0.481 e. The number of carboxylic acid groups (broad SMARTS) is 1. The molecule has 2 aliphatic rings. The fourth-order valence-electron chi connectivity index (χ4n) is 5.40. The second-order valence-corrected chi connectivity index (χ2v) is 12.7. The lowest BCUT2D eigenvalue weighted by molar-refractivity contribution is -0.137. The van der Waals surface area contributed by atoms with Gasteiger partial charge in [0.05, 0.1) is 22.7 Å². The molecule has 0 aromatic carbocycles. The molecule has 2 aliphatic heterocycles. The van der Waals surface area contributed by atoms with Gasteiger partial charge < -0.3 is 14.7 Å². The Kier molecular flexibility index (Phi) is 11.0. The van der Waals surface area contributed by atoms with Gasteiger partial charge in [0.25, 0.3) is 11.5 Å². The highest BCUT2D eigenvalue weighted by Crippen LogP contribution is 2.34. The predicted molar refractivity (Wildman–Crippen MR) is 167 cm³/mol. The number of thioether (sulfide) groups is 1. The van der Waals surface area contributed by atoms with Crippen molar-refractivity contribution in [1.29, 1.82) is 0 Å². The highest BCUT2D eigenvalue weighted by atomic mass is 32.2. The molecule has 1 amide bonds. The van der Waals surface area contributed by atoms with Gasteiger partial charge in [-0.25, -0.2) is 4.98 Å². The quantitative estimate of drug-likeness (QED) is 0.184. The average Bonchev–Trinajstić information content (AvgIpc) is 3.18. The number of hydrogen-bond acceptors (Lipinski definition) is 8. The van der Waals surface area contributed by atoms with Gasteiger partial charge in [-0.15, -0.1) is 0 Å². The van der Waals surface area contributed by atoms with E-state index < -0.39 is 5.97 Å². The lowest BCUT2D eigenvalue weighted by atomic mass is 10.1. The van der Waals surface area contributed by atoms with Gasteiger partial charge >= 0.3 is 5.97 Å². The molecule has 0 saturated carbocycles. The second-order valence-electron chi connectivity index (χ2n) is 11.1. The molecule has 222 valence electrons. The van der Waals surface area contributed by atoms with Crippen LogP contribution in [0.15, 0.2) is 28.0 Å². The molecule has 0 spiro atoms. The summed E-state index contributed by atoms with van der Waals surface area (Å²) < 4.78 is 7.97. The van der Waals surface area contributed by atoms with Gasteiger partial charge in [0.1, 0.15) is 15.8 Å². The number of fused-ring (bicyclic) bond motifs is 1. The van der Waals surface area contributed by atoms with Crippen molar-refractivity contribution < 1.29 is 19.4 Å². The van der Waals surface area contributed by atoms with Crippen LogP contribution in [0.5, 0.6) is 0 Å². The van der Waals surface area contributed by atoms with E-state index in [1.807, 2.05) is 32.9 Å². The average molecular weight is 601 g/mol. The summed E-state index contributed by atoms with van der Waals surface area (Å²) in [6.07, 6.45) is 11.5. The highest BCUT2D eigenvalue weighted by Gasteiger charge is 2.33. The Morgan fingerprint density at radius 2 is 1.71 bits per heavy atom. The van der Waals surface area contributed by atoms with Crippen molar-refractivity contribution in [2.45, 2.75) is 90.8 Å². The van der Waals surface area contributed by atoms with Crippen LogP contribution in [0.4, 0.5) is 5.82 Å². The van der Waals surface area contributed by atoms with Crippen molar-refractivity contribution in [3.05, 3.63) is 44.7 Å². The highest BCUT2D eigenvalue weighted by molar-refractivity contribution is 8.26. The Labute approximate surface area is 251 Å². The predicted octanol–water partition coefficient (Wildman–Crippen LogP) is 5.41. The Balaban J connectivity index is 1.44. The molecule has 11 heteroatoms. The monoisotopic (exact) mass is 600 g/mol. The van der Waals surface area contributed by atoms with E-state index in [0.29, 0.717) is 45.9 Å². The molecule has 2 fully saturated rings. The molecule has 4 rings (SSSR count). The number of aliphatic carboxylic acids is 1. The van der Waals surface area contributed by atoms with Crippen molar-refractivity contribution in [2.75, 3.05) is 24.5 Å². The molecular formula is C30H40N4O5S2. The van der Waals surface area contributed by atoms with Crippen LogP contribution in [0, 0.1) is 6.92 Å². The van der Waals surface area contributed by atoms with E-state index in [1.54, 1.807) is 21.6 Å². The minimum Gasteiger partial charge on any atom is -0.481 e. The molecular weight excluding hydrogens is 560 g/mol. The number of carbonyl (C=O) groups is 2. The zero-order valence-corrected chi connectivity index (χ0v) is 25.8. The Morgan fingerprint density at radius 1 is 1.07 bits per heavy atom. The molecule has 2 aromatic rings. The van der Waals surface area contributed by atoms with Gasteiger partial charge in [-0.2, -0.15) is 0 Å². The Hall–Kier alpha value is -2.76. The molecule has 2 saturated heterocycles. The van der Waals surface area contributed by atoms with Gasteiger partial charge in [0.2, 0.25) is 0 Å². The summed E-state index contributed by atoms with van der Waals surface area (Å²) in [4.78, 5) is 46.8. The number of amides is 1. The summed E-state index contributed by atoms with van der Waals surface area (Å²) in [5.74, 6) is -0.329. The van der Waals surface area contributed by atoms with E-state index in [0.717, 1.165) is 56.9 Å². The Bertz CT molecular complexity index is 1360. The number of nitrogens with zero attached hydrogens (tertiary/aromatic N) is 4. The number of carbonyl (C=O) groups excluding carboxylic acids is 1. The molecule has 0 aliphatic carbocycles. The normalized spacial score (nSPS) is 20.5. The third kappa shape index (κ3) is 8.17. The zero-order valence-electron chi connectivity index (χ0n) is 24.1. The number of thiocarbonyl (C=S) groups is 1. The summed E-state index contributed by atoms with van der Waals surface area (Å²) in [6, 6.07) is 3.78. The number of hydrogen-bond donors (Lipinski definition) is 1. The van der Waals surface area contributed by atoms with Crippen LogP contribution in [-0.2, 0) is 14.3 Å². The maximum Gasteiger partial charge on any atom is 0.303 e. The number of carboxylic acids is 1. The first kappa shape index (κ1) is 31.2. The maximum atomic E-state index is 13.8. The van der Waals surface area contributed by atoms with Crippen LogP contribution in [0.2, 0.25) is 0 Å². The topological polar surface area (TPSA) is 104 Å². The number of anilines is 1. The number of morpholine rings is 1. The van der Waals surface area contributed by atoms with Gasteiger partial charge in [0.15, 0.2) is 0 Å². The molecule has 0 bridgehead atoms. The van der Waals surface area contributed by atoms with Crippen molar-refractivity contribution in [1.82, 2.24) is 14.3 Å². The SMILES string of the molecule is Cc1ccc2nc(N3CC(C)OC(C)C3)c(C=C3SC(=S)N(CCCCCCCCCCC(=O)O)C3=O)c(=O)n2c1. The fraction of sp³-hybridized carbons (Fsp3) is 0.567. The number of pyridine rings is 1. The molecule has 2 atom stereocenters. The molecule has 41 heavy (non-hydrogen) atoms. The van der Waals surface area contributed by atoms with Gasteiger partial charge in [-0.05, 0) is 51.3 Å². The number of aromatic nitrogens is 2. The molecule has 1 N–H and O–H groups in total. The molecule has 2 aromatic heterocycles. The maximum absolute atomic E-state index is 13.8. The first-order chi connectivity index (χ1) is 19.6. The van der Waals surface area contributed by atoms with E-state index in [9.17, 15) is 14.4 Å². The third-order valence-electron chi connectivity index (χ3n) is 7.38. The van der Waals surface area contributed by atoms with E-state index in [1.165, 1.54) is 11.8 Å². The summed E-state index contributed by atoms with van der Waals surface area (Å²) in [5, 5.41) is 8.71. The second kappa shape index (κ2) is 14.4. The van der Waals surface area contributed by atoms with E-state index in [2.05, 4.69) is 4.90 Å². The number of unbranched alkanes of at least 4 members (excludes halogenated alkanes) is 7. The first-order valence-corrected chi connectivity index (χ1v) is 15.8. The van der Waals surface area contributed by atoms with E-state index >= 15 is 0 Å². The molecule has 4 heterocycles. The smallest absolute Gasteiger partial charge is 0.303 e. The number of rotatable bonds is 13. The lowest BCUT2D eigenvalue weighted by Crippen LogP contribution is -2.46. The lowest BCUT2D eigenvalue weighted by Gasteiger charge is -2.36. The van der Waals surface area contributed by atoms with Crippen LogP contribution in [-0.4, -0.2) is 67.4 Å². The van der Waals surface area contributed by atoms with Gasteiger partial charge in [0, 0.05) is 32.3 Å². The van der Waals surface area contributed by atoms with Crippen LogP contribution < -0.4 is 10.5 Å². The fourth-order valence-corrected chi connectivity index (χ4v) is 6.69. The van der Waals surface area contributed by atoms with Crippen LogP contribution >= 0.6 is 24.0 Å². The van der Waals surface area contributed by atoms with Gasteiger partial charge in [-0.1, -0.05) is 68.6 Å². The zero-order chi connectivity index (χ0) is 29.5. The summed E-state index contributed by atoms with van der Waals surface area (Å²) >= 11 is 6.80. The summed E-state index contributed by atoms with van der Waals surface area (Å²) in [7, 11) is 0.